The maximum atomic E-state index is 12.7. The Kier molecular flexibility index (Phi) is 4.60. The van der Waals surface area contributed by atoms with Crippen LogP contribution in [0.4, 0.5) is 5.82 Å². The molecule has 2 amide bonds. The Balaban J connectivity index is 1.38. The maximum absolute atomic E-state index is 12.7. The number of hydrogen-bond acceptors (Lipinski definition) is 4. The predicted molar refractivity (Wildman–Crippen MR) is 102 cm³/mol. The van der Waals surface area contributed by atoms with Crippen molar-refractivity contribution in [3.05, 3.63) is 23.5 Å². The van der Waals surface area contributed by atoms with Crippen LogP contribution in [0.15, 0.2) is 22.2 Å². The van der Waals surface area contributed by atoms with Crippen LogP contribution >= 0.6 is 0 Å². The molecule has 5 rings (SSSR count). The molecule has 4 bridgehead atoms. The number of hydrogen-bond donors (Lipinski definition) is 1. The summed E-state index contributed by atoms with van der Waals surface area (Å²) in [7, 11) is 1.67. The average molecular weight is 371 g/mol. The minimum Gasteiger partial charge on any atom is -0.360 e. The molecule has 146 valence electrons. The standard InChI is InChI=1S/C21H29N3O3/c1-13(21-9-15-6-16(10-21)8-17(7-15)11-21)4-20(26)24(3)12-19(25)22-18-5-14(2)27-23-18/h4-5,15-17H,6-12H2,1-3H3,(H,22,23,25)/b13-4-. The molecule has 4 aliphatic carbocycles. The fourth-order valence-corrected chi connectivity index (χ4v) is 5.94. The number of amides is 2. The van der Waals surface area contributed by atoms with Crippen LogP contribution in [0.3, 0.4) is 0 Å². The van der Waals surface area contributed by atoms with Gasteiger partial charge in [0.1, 0.15) is 5.76 Å². The van der Waals surface area contributed by atoms with Gasteiger partial charge < -0.3 is 14.7 Å². The van der Waals surface area contributed by atoms with Crippen LogP contribution in [0.5, 0.6) is 0 Å². The summed E-state index contributed by atoms with van der Waals surface area (Å²) in [6.07, 6.45) is 9.67. The van der Waals surface area contributed by atoms with Gasteiger partial charge in [-0.3, -0.25) is 9.59 Å². The molecular weight excluding hydrogens is 342 g/mol. The lowest BCUT2D eigenvalue weighted by Gasteiger charge is -2.57. The average Bonchev–Trinajstić information content (AvgIpc) is 2.98. The first-order chi connectivity index (χ1) is 12.8. The summed E-state index contributed by atoms with van der Waals surface area (Å²) >= 11 is 0. The predicted octanol–water partition coefficient (Wildman–Crippen LogP) is 3.54. The van der Waals surface area contributed by atoms with Gasteiger partial charge in [-0.05, 0) is 75.5 Å². The van der Waals surface area contributed by atoms with Gasteiger partial charge in [0.2, 0.25) is 11.8 Å². The SMILES string of the molecule is C/C(=C/C(=O)N(C)CC(=O)Nc1cc(C)on1)C12CC3CC(CC(C3)C1)C2. The fraction of sp³-hybridized carbons (Fsp3) is 0.667. The molecule has 1 aromatic rings. The Morgan fingerprint density at radius 2 is 1.85 bits per heavy atom. The number of anilines is 1. The highest BCUT2D eigenvalue weighted by atomic mass is 16.5. The van der Waals surface area contributed by atoms with Gasteiger partial charge in [0.05, 0.1) is 6.54 Å². The van der Waals surface area contributed by atoms with Crippen molar-refractivity contribution in [2.75, 3.05) is 18.9 Å². The van der Waals surface area contributed by atoms with E-state index in [1.165, 1.54) is 49.0 Å². The Bertz CT molecular complexity index is 744. The zero-order valence-electron chi connectivity index (χ0n) is 16.5. The van der Waals surface area contributed by atoms with E-state index in [-0.39, 0.29) is 23.8 Å². The van der Waals surface area contributed by atoms with Gasteiger partial charge in [-0.15, -0.1) is 0 Å². The quantitative estimate of drug-likeness (QED) is 0.803. The second-order valence-electron chi connectivity index (χ2n) is 9.09. The van der Waals surface area contributed by atoms with Crippen molar-refractivity contribution in [3.63, 3.8) is 0 Å². The van der Waals surface area contributed by atoms with Crippen LogP contribution in [0, 0.1) is 30.1 Å². The second-order valence-corrected chi connectivity index (χ2v) is 9.09. The summed E-state index contributed by atoms with van der Waals surface area (Å²) in [5.74, 6) is 3.18. The molecule has 4 fully saturated rings. The lowest BCUT2D eigenvalue weighted by molar-refractivity contribution is -0.129. The molecule has 0 aliphatic heterocycles. The van der Waals surface area contributed by atoms with E-state index in [9.17, 15) is 9.59 Å². The molecule has 0 saturated heterocycles. The van der Waals surface area contributed by atoms with E-state index < -0.39 is 0 Å². The first-order valence-electron chi connectivity index (χ1n) is 10.00. The number of nitrogens with one attached hydrogen (secondary N) is 1. The Hall–Kier alpha value is -2.11. The minimum atomic E-state index is -0.278. The van der Waals surface area contributed by atoms with Crippen LogP contribution in [-0.4, -0.2) is 35.5 Å². The third-order valence-corrected chi connectivity index (χ3v) is 6.87. The van der Waals surface area contributed by atoms with Crippen LogP contribution < -0.4 is 5.32 Å². The lowest BCUT2D eigenvalue weighted by Crippen LogP contribution is -2.46. The van der Waals surface area contributed by atoms with Gasteiger partial charge in [-0.2, -0.15) is 0 Å². The van der Waals surface area contributed by atoms with Gasteiger partial charge >= 0.3 is 0 Å². The fourth-order valence-electron chi connectivity index (χ4n) is 5.94. The molecule has 0 radical (unpaired) electrons. The molecule has 0 spiro atoms. The summed E-state index contributed by atoms with van der Waals surface area (Å²) in [6, 6.07) is 1.65. The number of aromatic nitrogens is 1. The van der Waals surface area contributed by atoms with Gasteiger partial charge in [0.15, 0.2) is 5.82 Å². The zero-order valence-corrected chi connectivity index (χ0v) is 16.5. The van der Waals surface area contributed by atoms with Crippen molar-refractivity contribution in [2.45, 2.75) is 52.4 Å². The topological polar surface area (TPSA) is 75.4 Å². The zero-order chi connectivity index (χ0) is 19.2. The van der Waals surface area contributed by atoms with Crippen molar-refractivity contribution >= 4 is 17.6 Å². The van der Waals surface area contributed by atoms with E-state index in [1.54, 1.807) is 26.1 Å². The Morgan fingerprint density at radius 3 is 2.37 bits per heavy atom. The molecule has 1 heterocycles. The minimum absolute atomic E-state index is 0.00457. The van der Waals surface area contributed by atoms with Crippen molar-refractivity contribution in [1.29, 1.82) is 0 Å². The van der Waals surface area contributed by atoms with Crippen LogP contribution in [0.2, 0.25) is 0 Å². The molecule has 4 saturated carbocycles. The highest BCUT2D eigenvalue weighted by Crippen LogP contribution is 2.62. The second kappa shape index (κ2) is 6.80. The summed E-state index contributed by atoms with van der Waals surface area (Å²) < 4.78 is 4.93. The largest absolute Gasteiger partial charge is 0.360 e. The summed E-state index contributed by atoms with van der Waals surface area (Å²) in [4.78, 5) is 26.3. The smallest absolute Gasteiger partial charge is 0.246 e. The van der Waals surface area contributed by atoms with E-state index in [2.05, 4.69) is 17.4 Å². The molecule has 4 aliphatic rings. The van der Waals surface area contributed by atoms with Gasteiger partial charge in [-0.1, -0.05) is 10.7 Å². The number of aryl methyl sites for hydroxylation is 1. The van der Waals surface area contributed by atoms with E-state index >= 15 is 0 Å². The third-order valence-electron chi connectivity index (χ3n) is 6.87. The highest BCUT2D eigenvalue weighted by molar-refractivity contribution is 5.96. The first kappa shape index (κ1) is 18.3. The lowest BCUT2D eigenvalue weighted by atomic mass is 9.48. The van der Waals surface area contributed by atoms with Gasteiger partial charge in [0.25, 0.3) is 0 Å². The molecule has 1 aromatic heterocycles. The Labute approximate surface area is 160 Å². The van der Waals surface area contributed by atoms with E-state index in [0.29, 0.717) is 11.6 Å². The monoisotopic (exact) mass is 371 g/mol. The van der Waals surface area contributed by atoms with Crippen LogP contribution in [-0.2, 0) is 9.59 Å². The number of nitrogens with zero attached hydrogens (tertiary/aromatic N) is 2. The van der Waals surface area contributed by atoms with E-state index in [1.807, 2.05) is 0 Å². The Morgan fingerprint density at radius 1 is 1.26 bits per heavy atom. The maximum Gasteiger partial charge on any atom is 0.246 e. The van der Waals surface area contributed by atoms with E-state index in [4.69, 9.17) is 4.52 Å². The first-order valence-corrected chi connectivity index (χ1v) is 10.00. The van der Waals surface area contributed by atoms with Crippen molar-refractivity contribution in [1.82, 2.24) is 10.1 Å². The van der Waals surface area contributed by atoms with Crippen molar-refractivity contribution < 1.29 is 14.1 Å². The molecule has 0 aromatic carbocycles. The number of carbonyl (C=O) groups excluding carboxylic acids is 2. The van der Waals surface area contributed by atoms with E-state index in [0.717, 1.165) is 17.8 Å². The van der Waals surface area contributed by atoms with Crippen molar-refractivity contribution in [3.8, 4) is 0 Å². The van der Waals surface area contributed by atoms with Crippen LogP contribution in [0.25, 0.3) is 0 Å². The summed E-state index contributed by atoms with van der Waals surface area (Å²) in [6.45, 7) is 3.88. The molecule has 6 nitrogen and oxygen atoms in total. The van der Waals surface area contributed by atoms with Gasteiger partial charge in [-0.25, -0.2) is 0 Å². The normalized spacial score (nSPS) is 31.8. The number of likely N-dealkylation sites (N-methyl/N-ethyl adjacent to an activating group) is 1. The third kappa shape index (κ3) is 3.66. The number of allylic oxidation sites excluding steroid dienone is 1. The van der Waals surface area contributed by atoms with Crippen molar-refractivity contribution in [2.24, 2.45) is 23.2 Å². The number of carbonyl (C=O) groups is 2. The highest BCUT2D eigenvalue weighted by Gasteiger charge is 2.51. The molecular formula is C21H29N3O3. The summed E-state index contributed by atoms with van der Waals surface area (Å²) in [5, 5.41) is 6.39. The number of rotatable bonds is 5. The molecule has 6 heteroatoms. The molecule has 0 atom stereocenters. The van der Waals surface area contributed by atoms with Crippen LogP contribution in [0.1, 0.15) is 51.2 Å². The molecule has 1 N–H and O–H groups in total. The molecule has 0 unspecified atom stereocenters. The summed E-state index contributed by atoms with van der Waals surface area (Å²) in [5.41, 5.74) is 1.44. The molecule has 27 heavy (non-hydrogen) atoms. The van der Waals surface area contributed by atoms with Gasteiger partial charge in [0, 0.05) is 19.2 Å².